The number of ether oxygens (including phenoxy) is 1. The molecule has 0 saturated heterocycles. The third-order valence-corrected chi connectivity index (χ3v) is 6.49. The van der Waals surface area contributed by atoms with Gasteiger partial charge < -0.3 is 14.7 Å². The Kier molecular flexibility index (Phi) is 5.26. The lowest BCUT2D eigenvalue weighted by atomic mass is 9.67. The molecule has 132 valence electrons. The summed E-state index contributed by atoms with van der Waals surface area (Å²) < 4.78 is 34.5. The Morgan fingerprint density at radius 3 is 2.40 bits per heavy atom. The van der Waals surface area contributed by atoms with Crippen molar-refractivity contribution in [2.24, 2.45) is 5.73 Å². The summed E-state index contributed by atoms with van der Waals surface area (Å²) in [7, 11) is 0.521. The van der Waals surface area contributed by atoms with Gasteiger partial charge >= 0.3 is 0 Å². The van der Waals surface area contributed by atoms with Gasteiger partial charge in [0.05, 0.1) is 0 Å². The zero-order valence-electron chi connectivity index (χ0n) is 14.6. The summed E-state index contributed by atoms with van der Waals surface area (Å²) in [6, 6.07) is 6.45. The fourth-order valence-electron chi connectivity index (χ4n) is 2.63. The summed E-state index contributed by atoms with van der Waals surface area (Å²) in [6.45, 7) is 1.87. The number of rotatable bonds is 6. The van der Waals surface area contributed by atoms with Crippen LogP contribution in [0.2, 0.25) is 5.02 Å². The minimum atomic E-state index is -4.07. The monoisotopic (exact) mass is 381 g/mol. The number of hydrogen-bond donors (Lipinski definition) is 1. The Hall–Kier alpha value is -1.54. The third-order valence-electron chi connectivity index (χ3n) is 4.29. The molecule has 11 heteroatoms. The van der Waals surface area contributed by atoms with E-state index < -0.39 is 31.7 Å². The topological polar surface area (TPSA) is 95.7 Å². The molecule has 2 rings (SSSR count). The van der Waals surface area contributed by atoms with E-state index in [1.54, 1.807) is 40.0 Å². The van der Waals surface area contributed by atoms with Gasteiger partial charge in [-0.3, -0.25) is 4.79 Å². The molecule has 0 unspecified atom stereocenters. The maximum absolute atomic E-state index is 12.8. The van der Waals surface area contributed by atoms with Gasteiger partial charge in [-0.05, 0) is 24.1 Å². The maximum Gasteiger partial charge on any atom is 0.300 e. The van der Waals surface area contributed by atoms with E-state index in [0.29, 0.717) is 23.4 Å². The van der Waals surface area contributed by atoms with Crippen molar-refractivity contribution in [2.75, 3.05) is 0 Å². The van der Waals surface area contributed by atoms with Crippen LogP contribution in [0.1, 0.15) is 25.3 Å². The summed E-state index contributed by atoms with van der Waals surface area (Å²) in [5.41, 5.74) is 4.79. The largest absolute Gasteiger partial charge is 0.467 e. The first kappa shape index (κ1) is 19.8. The average Bonchev–Trinajstić information content (AvgIpc) is 2.72. The molecule has 1 aromatic carbocycles. The van der Waals surface area contributed by atoms with E-state index in [-0.39, 0.29) is 5.88 Å². The normalized spacial score (nSPS) is 21.3. The van der Waals surface area contributed by atoms with E-state index in [2.05, 4.69) is 0 Å². The maximum atomic E-state index is 12.8. The fourth-order valence-corrected chi connectivity index (χ4v) is 3.81. The number of halogens is 1. The molecule has 0 saturated carbocycles. The van der Waals surface area contributed by atoms with Crippen LogP contribution in [0.3, 0.4) is 0 Å². The highest BCUT2D eigenvalue weighted by atomic mass is 35.5. The number of ketones is 1. The van der Waals surface area contributed by atoms with Gasteiger partial charge in [0.1, 0.15) is 15.7 Å². The molecular formula is C14H19B3ClNO5S. The van der Waals surface area contributed by atoms with E-state index in [1.165, 1.54) is 7.85 Å². The van der Waals surface area contributed by atoms with Crippen LogP contribution in [0, 0.1) is 0 Å². The number of benzene rings is 1. The molecule has 0 spiro atoms. The minimum absolute atomic E-state index is 0.349. The molecule has 1 atom stereocenters. The molecule has 0 aromatic heterocycles. The number of Topliss-reactive ketones (excluding diaryl/α,β-unsaturated/α-hetero) is 1. The lowest BCUT2D eigenvalue weighted by molar-refractivity contribution is -0.126. The number of carbonyl (C=O) groups is 1. The van der Waals surface area contributed by atoms with Crippen molar-refractivity contribution in [1.82, 2.24) is 0 Å². The second-order valence-corrected chi connectivity index (χ2v) is 9.33. The molecule has 1 aromatic rings. The van der Waals surface area contributed by atoms with Crippen molar-refractivity contribution in [3.8, 4) is 0 Å². The van der Waals surface area contributed by atoms with Crippen molar-refractivity contribution in [2.45, 2.75) is 29.8 Å². The van der Waals surface area contributed by atoms with Crippen molar-refractivity contribution < 1.29 is 22.1 Å². The Balaban J connectivity index is 2.34. The first-order valence-electron chi connectivity index (χ1n) is 7.88. The van der Waals surface area contributed by atoms with Crippen molar-refractivity contribution >= 4 is 51.0 Å². The van der Waals surface area contributed by atoms with E-state index in [4.69, 9.17) is 26.3 Å². The highest BCUT2D eigenvalue weighted by Gasteiger charge is 2.50. The smallest absolute Gasteiger partial charge is 0.300 e. The molecule has 1 aliphatic heterocycles. The van der Waals surface area contributed by atoms with E-state index >= 15 is 0 Å². The van der Waals surface area contributed by atoms with Crippen LogP contribution in [0.5, 0.6) is 0 Å². The molecule has 2 N–H and O–H groups in total. The van der Waals surface area contributed by atoms with Gasteiger partial charge in [-0.25, -0.2) is 0 Å². The SMILES string of the molecule is BC(B)(CCC)S(=O)(=O)OC1=C(N)O[C@@](B)(c2ccc(Cl)cc2)C1=O. The van der Waals surface area contributed by atoms with Crippen molar-refractivity contribution in [1.29, 1.82) is 0 Å². The molecule has 0 amide bonds. The van der Waals surface area contributed by atoms with E-state index in [0.717, 1.165) is 0 Å². The Bertz CT molecular complexity index is 825. The number of hydrogen-bond acceptors (Lipinski definition) is 6. The van der Waals surface area contributed by atoms with Crippen LogP contribution in [-0.4, -0.2) is 42.3 Å². The van der Waals surface area contributed by atoms with Crippen molar-refractivity contribution in [3.05, 3.63) is 46.5 Å². The number of nitrogens with two attached hydrogens (primary N) is 1. The third kappa shape index (κ3) is 3.55. The average molecular weight is 381 g/mol. The lowest BCUT2D eigenvalue weighted by Gasteiger charge is -2.25. The summed E-state index contributed by atoms with van der Waals surface area (Å²) >= 11 is 5.86. The minimum Gasteiger partial charge on any atom is -0.467 e. The Labute approximate surface area is 155 Å². The molecular weight excluding hydrogens is 362 g/mol. The first-order valence-corrected chi connectivity index (χ1v) is 9.67. The Morgan fingerprint density at radius 1 is 1.32 bits per heavy atom. The molecule has 1 aliphatic rings. The van der Waals surface area contributed by atoms with Gasteiger partial charge in [-0.15, -0.1) is 0 Å². The summed E-state index contributed by atoms with van der Waals surface area (Å²) in [5.74, 6) is -1.48. The molecule has 1 heterocycles. The van der Waals surface area contributed by atoms with Crippen molar-refractivity contribution in [3.63, 3.8) is 0 Å². The number of carbonyl (C=O) groups excluding carboxylic acids is 1. The van der Waals surface area contributed by atoms with Gasteiger partial charge in [0.15, 0.2) is 13.3 Å². The highest BCUT2D eigenvalue weighted by Crippen LogP contribution is 2.37. The van der Waals surface area contributed by atoms with Gasteiger partial charge in [-0.1, -0.05) is 37.1 Å². The predicted molar refractivity (Wildman–Crippen MR) is 104 cm³/mol. The van der Waals surface area contributed by atoms with Gasteiger partial charge in [0.2, 0.25) is 17.4 Å². The van der Waals surface area contributed by atoms with Crippen LogP contribution in [-0.2, 0) is 29.3 Å². The predicted octanol–water partition coefficient (Wildman–Crippen LogP) is -1.08. The highest BCUT2D eigenvalue weighted by molar-refractivity contribution is 7.91. The summed E-state index contributed by atoms with van der Waals surface area (Å²) in [5, 5.41) is 0.499. The molecule has 0 aliphatic carbocycles. The second-order valence-electron chi connectivity index (χ2n) is 6.71. The fraction of sp³-hybridized carbons (Fsp3) is 0.357. The molecule has 25 heavy (non-hydrogen) atoms. The Morgan fingerprint density at radius 2 is 1.88 bits per heavy atom. The molecule has 6 nitrogen and oxygen atoms in total. The van der Waals surface area contributed by atoms with Crippen LogP contribution in [0.15, 0.2) is 35.9 Å². The summed E-state index contributed by atoms with van der Waals surface area (Å²) in [6.07, 6.45) is 1.03. The summed E-state index contributed by atoms with van der Waals surface area (Å²) in [4.78, 5) is 12.8. The second kappa shape index (κ2) is 6.65. The van der Waals surface area contributed by atoms with Gasteiger partial charge in [-0.2, -0.15) is 8.42 Å². The zero-order valence-corrected chi connectivity index (χ0v) is 16.2. The lowest BCUT2D eigenvalue weighted by Crippen LogP contribution is -2.42. The quantitative estimate of drug-likeness (QED) is 0.498. The first-order chi connectivity index (χ1) is 11.4. The zero-order chi connectivity index (χ0) is 19.0. The van der Waals surface area contributed by atoms with Crippen LogP contribution in [0.4, 0.5) is 0 Å². The van der Waals surface area contributed by atoms with Gasteiger partial charge in [0, 0.05) is 9.57 Å². The van der Waals surface area contributed by atoms with E-state index in [1.807, 2.05) is 6.92 Å². The van der Waals surface area contributed by atoms with Crippen LogP contribution >= 0.6 is 11.6 Å². The van der Waals surface area contributed by atoms with E-state index in [9.17, 15) is 13.2 Å². The standard InChI is InChI=1S/C14H19B3ClNO5S/c1-2-7-13(15,16)25(21,22)24-10-11(20)14(17,23-12(10)19)8-3-5-9(18)6-4-8/h3-6H,2,7,15-17,19H2,1H3/t14-/m0/s1. The van der Waals surface area contributed by atoms with Crippen LogP contribution < -0.4 is 5.73 Å². The molecule has 0 bridgehead atoms. The molecule has 0 fully saturated rings. The molecule has 0 radical (unpaired) electrons. The van der Waals surface area contributed by atoms with Crippen LogP contribution in [0.25, 0.3) is 0 Å². The van der Waals surface area contributed by atoms with Gasteiger partial charge in [0.25, 0.3) is 10.1 Å².